The molecule has 0 atom stereocenters. The van der Waals surface area contributed by atoms with E-state index >= 15 is 0 Å². The van der Waals surface area contributed by atoms with Crippen molar-refractivity contribution in [3.63, 3.8) is 0 Å². The van der Waals surface area contributed by atoms with Gasteiger partial charge in [0.1, 0.15) is 5.75 Å². The molecule has 0 aliphatic rings. The Morgan fingerprint density at radius 3 is 2.50 bits per heavy atom. The minimum atomic E-state index is 0.650. The van der Waals surface area contributed by atoms with Gasteiger partial charge in [0.05, 0.1) is 23.6 Å². The zero-order chi connectivity index (χ0) is 13.0. The number of hydrogen-bond acceptors (Lipinski definition) is 3. The Kier molecular flexibility index (Phi) is 4.14. The summed E-state index contributed by atoms with van der Waals surface area (Å²) in [4.78, 5) is 1.99. The number of halogens is 1. The third-order valence-corrected chi connectivity index (χ3v) is 3.62. The van der Waals surface area contributed by atoms with Gasteiger partial charge in [-0.25, -0.2) is 0 Å². The third-order valence-electron chi connectivity index (χ3n) is 2.34. The van der Waals surface area contributed by atoms with Crippen LogP contribution in [0.2, 0.25) is 5.02 Å². The molecular weight excluding hydrogens is 266 g/mol. The van der Waals surface area contributed by atoms with Gasteiger partial charge in [-0.1, -0.05) is 23.4 Å². The van der Waals surface area contributed by atoms with E-state index in [4.69, 9.17) is 21.6 Å². The molecule has 0 radical (unpaired) electrons. The van der Waals surface area contributed by atoms with Crippen molar-refractivity contribution in [1.29, 1.82) is 5.26 Å². The highest BCUT2D eigenvalue weighted by Crippen LogP contribution is 2.36. The van der Waals surface area contributed by atoms with Crippen LogP contribution in [0.1, 0.15) is 5.56 Å². The summed E-state index contributed by atoms with van der Waals surface area (Å²) in [6.07, 6.45) is 0. The maximum Gasteiger partial charge on any atom is 0.132 e. The first kappa shape index (κ1) is 12.8. The van der Waals surface area contributed by atoms with E-state index in [1.54, 1.807) is 37.1 Å². The fourth-order valence-electron chi connectivity index (χ4n) is 1.45. The van der Waals surface area contributed by atoms with Crippen LogP contribution in [-0.4, -0.2) is 7.11 Å². The Hall–Kier alpha value is -1.63. The van der Waals surface area contributed by atoms with Gasteiger partial charge < -0.3 is 4.74 Å². The number of nitrogens with zero attached hydrogens (tertiary/aromatic N) is 1. The van der Waals surface area contributed by atoms with Gasteiger partial charge in [0.25, 0.3) is 0 Å². The molecule has 0 bridgehead atoms. The van der Waals surface area contributed by atoms with Crippen molar-refractivity contribution in [3.8, 4) is 11.8 Å². The smallest absolute Gasteiger partial charge is 0.132 e. The summed E-state index contributed by atoms with van der Waals surface area (Å²) in [6.45, 7) is 0. The Morgan fingerprint density at radius 2 is 1.89 bits per heavy atom. The van der Waals surface area contributed by atoms with Crippen molar-refractivity contribution in [3.05, 3.63) is 53.1 Å². The molecule has 0 unspecified atom stereocenters. The average Bonchev–Trinajstić information content (AvgIpc) is 2.40. The van der Waals surface area contributed by atoms with E-state index in [2.05, 4.69) is 6.07 Å². The van der Waals surface area contributed by atoms with Gasteiger partial charge in [-0.3, -0.25) is 0 Å². The first-order valence-electron chi connectivity index (χ1n) is 5.24. The molecular formula is C14H10ClNOS. The summed E-state index contributed by atoms with van der Waals surface area (Å²) < 4.78 is 5.29. The van der Waals surface area contributed by atoms with E-state index in [0.717, 1.165) is 15.5 Å². The largest absolute Gasteiger partial charge is 0.496 e. The zero-order valence-corrected chi connectivity index (χ0v) is 11.3. The number of ether oxygens (including phenoxy) is 1. The predicted molar refractivity (Wildman–Crippen MR) is 73.3 cm³/mol. The molecule has 2 aromatic rings. The number of nitriles is 1. The Labute approximate surface area is 115 Å². The van der Waals surface area contributed by atoms with E-state index in [1.807, 2.05) is 24.3 Å². The Bertz CT molecular complexity index is 590. The van der Waals surface area contributed by atoms with Crippen LogP contribution in [0.5, 0.6) is 5.75 Å². The molecule has 90 valence electrons. The van der Waals surface area contributed by atoms with Crippen molar-refractivity contribution in [1.82, 2.24) is 0 Å². The van der Waals surface area contributed by atoms with Crippen LogP contribution in [0.15, 0.2) is 52.3 Å². The van der Waals surface area contributed by atoms with E-state index in [0.29, 0.717) is 10.6 Å². The van der Waals surface area contributed by atoms with Gasteiger partial charge in [-0.15, -0.1) is 0 Å². The Balaban J connectivity index is 2.27. The molecule has 2 rings (SSSR count). The van der Waals surface area contributed by atoms with Crippen LogP contribution in [0.4, 0.5) is 0 Å². The van der Waals surface area contributed by atoms with Gasteiger partial charge in [0.2, 0.25) is 0 Å². The molecule has 0 saturated carbocycles. The van der Waals surface area contributed by atoms with Gasteiger partial charge in [0.15, 0.2) is 0 Å². The third kappa shape index (κ3) is 2.98. The summed E-state index contributed by atoms with van der Waals surface area (Å²) in [5, 5.41) is 9.42. The van der Waals surface area contributed by atoms with Crippen molar-refractivity contribution in [2.45, 2.75) is 9.79 Å². The first-order chi connectivity index (χ1) is 8.72. The van der Waals surface area contributed by atoms with Gasteiger partial charge in [-0.05, 0) is 42.5 Å². The van der Waals surface area contributed by atoms with Crippen molar-refractivity contribution in [2.24, 2.45) is 0 Å². The van der Waals surface area contributed by atoms with Crippen molar-refractivity contribution < 1.29 is 4.74 Å². The lowest BCUT2D eigenvalue weighted by Gasteiger charge is -2.08. The molecule has 0 fully saturated rings. The van der Waals surface area contributed by atoms with E-state index < -0.39 is 0 Å². The molecule has 0 aliphatic heterocycles. The highest BCUT2D eigenvalue weighted by molar-refractivity contribution is 7.99. The number of benzene rings is 2. The second-order valence-corrected chi connectivity index (χ2v) is 5.09. The second kappa shape index (κ2) is 5.81. The molecule has 0 heterocycles. The summed E-state index contributed by atoms with van der Waals surface area (Å²) in [6, 6.07) is 15.0. The van der Waals surface area contributed by atoms with Crippen LogP contribution >= 0.6 is 23.4 Å². The molecule has 0 aromatic heterocycles. The molecule has 0 aliphatic carbocycles. The van der Waals surface area contributed by atoms with Gasteiger partial charge in [0, 0.05) is 9.92 Å². The van der Waals surface area contributed by atoms with E-state index in [-0.39, 0.29) is 0 Å². The molecule has 18 heavy (non-hydrogen) atoms. The van der Waals surface area contributed by atoms with E-state index in [1.165, 1.54) is 0 Å². The van der Waals surface area contributed by atoms with Crippen LogP contribution in [-0.2, 0) is 0 Å². The van der Waals surface area contributed by atoms with Crippen LogP contribution in [0.25, 0.3) is 0 Å². The monoisotopic (exact) mass is 275 g/mol. The number of rotatable bonds is 3. The molecule has 2 aromatic carbocycles. The number of methoxy groups -OCH3 is 1. The average molecular weight is 276 g/mol. The highest BCUT2D eigenvalue weighted by Gasteiger charge is 2.06. The maximum atomic E-state index is 8.74. The summed E-state index contributed by atoms with van der Waals surface area (Å²) >= 11 is 7.53. The summed E-state index contributed by atoms with van der Waals surface area (Å²) in [5.41, 5.74) is 0.650. The minimum absolute atomic E-state index is 0.650. The first-order valence-corrected chi connectivity index (χ1v) is 6.44. The summed E-state index contributed by atoms with van der Waals surface area (Å²) in [5.74, 6) is 0.786. The lowest BCUT2D eigenvalue weighted by Crippen LogP contribution is -1.86. The molecule has 4 heteroatoms. The lowest BCUT2D eigenvalue weighted by atomic mass is 10.2. The molecule has 0 amide bonds. The molecule has 0 N–H and O–H groups in total. The quantitative estimate of drug-likeness (QED) is 0.834. The second-order valence-electron chi connectivity index (χ2n) is 3.53. The Morgan fingerprint density at radius 1 is 1.17 bits per heavy atom. The standard InChI is InChI=1S/C14H10ClNOS/c1-17-13-7-4-11(15)8-14(13)18-12-5-2-10(9-16)3-6-12/h2-8H,1H3. The van der Waals surface area contributed by atoms with Crippen molar-refractivity contribution in [2.75, 3.05) is 7.11 Å². The lowest BCUT2D eigenvalue weighted by molar-refractivity contribution is 0.405. The fraction of sp³-hybridized carbons (Fsp3) is 0.0714. The molecule has 0 spiro atoms. The fourth-order valence-corrected chi connectivity index (χ4v) is 2.66. The van der Waals surface area contributed by atoms with Crippen LogP contribution in [0, 0.1) is 11.3 Å². The topological polar surface area (TPSA) is 33.0 Å². The van der Waals surface area contributed by atoms with Gasteiger partial charge in [-0.2, -0.15) is 5.26 Å². The number of hydrogen-bond donors (Lipinski definition) is 0. The van der Waals surface area contributed by atoms with Crippen molar-refractivity contribution >= 4 is 23.4 Å². The molecule has 0 saturated heterocycles. The highest BCUT2D eigenvalue weighted by atomic mass is 35.5. The van der Waals surface area contributed by atoms with Gasteiger partial charge >= 0.3 is 0 Å². The van der Waals surface area contributed by atoms with E-state index in [9.17, 15) is 0 Å². The predicted octanol–water partition coefficient (Wildman–Crippen LogP) is 4.37. The molecule has 2 nitrogen and oxygen atoms in total. The SMILES string of the molecule is COc1ccc(Cl)cc1Sc1ccc(C#N)cc1. The zero-order valence-electron chi connectivity index (χ0n) is 9.68. The van der Waals surface area contributed by atoms with Crippen LogP contribution < -0.4 is 4.74 Å². The normalized spacial score (nSPS) is 9.83. The summed E-state index contributed by atoms with van der Waals surface area (Å²) in [7, 11) is 1.63. The van der Waals surface area contributed by atoms with Crippen LogP contribution in [0.3, 0.4) is 0 Å². The maximum absolute atomic E-state index is 8.74. The minimum Gasteiger partial charge on any atom is -0.496 e.